The highest BCUT2D eigenvalue weighted by Crippen LogP contribution is 2.38. The number of aryl methyl sites for hydroxylation is 1. The van der Waals surface area contributed by atoms with Gasteiger partial charge in [-0.15, -0.1) is 0 Å². The smallest absolute Gasteiger partial charge is 0.337 e. The maximum Gasteiger partial charge on any atom is 0.337 e. The summed E-state index contributed by atoms with van der Waals surface area (Å²) < 4.78 is 17.6. The third-order valence-corrected chi connectivity index (χ3v) is 7.42. The van der Waals surface area contributed by atoms with Crippen LogP contribution in [0.1, 0.15) is 63.4 Å². The van der Waals surface area contributed by atoms with Gasteiger partial charge in [-0.05, 0) is 56.0 Å². The molecule has 0 aliphatic carbocycles. The molecule has 3 aromatic rings. The van der Waals surface area contributed by atoms with Gasteiger partial charge in [0, 0.05) is 44.2 Å². The number of esters is 1. The number of anilines is 2. The number of fused-ring (bicyclic) bond motifs is 2. The lowest BCUT2D eigenvalue weighted by atomic mass is 10.0. The fourth-order valence-corrected chi connectivity index (χ4v) is 5.14. The number of ether oxygens (including phenoxy) is 3. The lowest BCUT2D eigenvalue weighted by Crippen LogP contribution is -2.43. The van der Waals surface area contributed by atoms with Crippen LogP contribution in [0.5, 0.6) is 11.5 Å². The molecule has 1 fully saturated rings. The van der Waals surface area contributed by atoms with Crippen LogP contribution in [0.3, 0.4) is 0 Å². The zero-order chi connectivity index (χ0) is 31.2. The van der Waals surface area contributed by atoms with Crippen LogP contribution in [-0.4, -0.2) is 77.8 Å². The van der Waals surface area contributed by atoms with Crippen molar-refractivity contribution in [3.05, 3.63) is 59.5 Å². The number of hydrogen-bond donors (Lipinski definition) is 2. The molecule has 13 heteroatoms. The monoisotopic (exact) mass is 602 g/mol. The quantitative estimate of drug-likeness (QED) is 0.261. The Balaban J connectivity index is 1.13. The Hall–Kier alpha value is -5.20. The largest absolute Gasteiger partial charge is 0.493 e. The molecule has 3 heterocycles. The lowest BCUT2D eigenvalue weighted by Gasteiger charge is -2.32. The second-order valence-corrected chi connectivity index (χ2v) is 10.4. The highest BCUT2D eigenvalue weighted by molar-refractivity contribution is 6.04. The SMILES string of the molecule is COC(=O)c1ccc(NC(=O)c2nc(NC(=O)CCCOc3cc4c(cc3OC)C(=O)N3CCCC[C@H]3C=N4)cn2C)cc1. The fraction of sp³-hybridized carbons (Fsp3) is 0.355. The van der Waals surface area contributed by atoms with E-state index in [0.717, 1.165) is 19.3 Å². The highest BCUT2D eigenvalue weighted by atomic mass is 16.5. The number of aliphatic imine (C=N–C) groups is 1. The lowest BCUT2D eigenvalue weighted by molar-refractivity contribution is -0.116. The third-order valence-electron chi connectivity index (χ3n) is 7.42. The van der Waals surface area contributed by atoms with E-state index in [1.165, 1.54) is 30.9 Å². The molecule has 2 N–H and O–H groups in total. The molecule has 2 aromatic carbocycles. The molecule has 44 heavy (non-hydrogen) atoms. The number of piperidine rings is 1. The first-order valence-electron chi connectivity index (χ1n) is 14.3. The second-order valence-electron chi connectivity index (χ2n) is 10.4. The summed E-state index contributed by atoms with van der Waals surface area (Å²) in [5.41, 5.74) is 1.84. The predicted octanol–water partition coefficient (Wildman–Crippen LogP) is 3.98. The van der Waals surface area contributed by atoms with Crippen LogP contribution in [-0.2, 0) is 16.6 Å². The number of imidazole rings is 1. The maximum atomic E-state index is 13.2. The van der Waals surface area contributed by atoms with E-state index < -0.39 is 11.9 Å². The van der Waals surface area contributed by atoms with E-state index in [9.17, 15) is 19.2 Å². The number of nitrogens with zero attached hydrogens (tertiary/aromatic N) is 4. The Morgan fingerprint density at radius 3 is 2.59 bits per heavy atom. The second kappa shape index (κ2) is 13.4. The first-order valence-corrected chi connectivity index (χ1v) is 14.3. The minimum atomic E-state index is -0.482. The van der Waals surface area contributed by atoms with Crippen LogP contribution >= 0.6 is 0 Å². The molecule has 13 nitrogen and oxygen atoms in total. The molecule has 0 bridgehead atoms. The molecule has 230 valence electrons. The van der Waals surface area contributed by atoms with Crippen molar-refractivity contribution in [2.75, 3.05) is 38.0 Å². The summed E-state index contributed by atoms with van der Waals surface area (Å²) in [5.74, 6) is -0.128. The number of aromatic nitrogens is 2. The molecule has 2 aliphatic heterocycles. The molecule has 1 atom stereocenters. The van der Waals surface area contributed by atoms with E-state index in [-0.39, 0.29) is 42.5 Å². The number of benzene rings is 2. The number of carbonyl (C=O) groups excluding carboxylic acids is 4. The van der Waals surface area contributed by atoms with Gasteiger partial charge in [0.1, 0.15) is 0 Å². The van der Waals surface area contributed by atoms with Crippen molar-refractivity contribution in [1.82, 2.24) is 14.5 Å². The van der Waals surface area contributed by atoms with E-state index >= 15 is 0 Å². The van der Waals surface area contributed by atoms with E-state index in [0.29, 0.717) is 47.0 Å². The first kappa shape index (κ1) is 30.3. The summed E-state index contributed by atoms with van der Waals surface area (Å²) in [7, 11) is 4.45. The molecule has 5 rings (SSSR count). The summed E-state index contributed by atoms with van der Waals surface area (Å²) in [5, 5.41) is 5.41. The van der Waals surface area contributed by atoms with Gasteiger partial charge >= 0.3 is 5.97 Å². The van der Waals surface area contributed by atoms with Gasteiger partial charge < -0.3 is 34.3 Å². The summed E-state index contributed by atoms with van der Waals surface area (Å²) >= 11 is 0. The summed E-state index contributed by atoms with van der Waals surface area (Å²) in [6.45, 7) is 0.929. The Labute approximate surface area is 254 Å². The van der Waals surface area contributed by atoms with E-state index in [2.05, 4.69) is 25.3 Å². The van der Waals surface area contributed by atoms with E-state index in [1.54, 1.807) is 37.5 Å². The van der Waals surface area contributed by atoms with Gasteiger partial charge in [-0.1, -0.05) is 0 Å². The van der Waals surface area contributed by atoms with Gasteiger partial charge in [-0.2, -0.15) is 0 Å². The number of hydrogen-bond acceptors (Lipinski definition) is 9. The first-order chi connectivity index (χ1) is 21.3. The molecule has 1 aromatic heterocycles. The Morgan fingerprint density at radius 1 is 1.05 bits per heavy atom. The highest BCUT2D eigenvalue weighted by Gasteiger charge is 2.31. The van der Waals surface area contributed by atoms with Crippen molar-refractivity contribution >= 4 is 47.1 Å². The van der Waals surface area contributed by atoms with Crippen molar-refractivity contribution in [1.29, 1.82) is 0 Å². The number of carbonyl (C=O) groups is 4. The molecule has 0 saturated carbocycles. The molecule has 2 aliphatic rings. The average Bonchev–Trinajstić information content (AvgIpc) is 3.34. The van der Waals surface area contributed by atoms with Crippen LogP contribution in [0.25, 0.3) is 0 Å². The molecular weight excluding hydrogens is 568 g/mol. The van der Waals surface area contributed by atoms with Crippen LogP contribution in [0.2, 0.25) is 0 Å². The third kappa shape index (κ3) is 6.72. The van der Waals surface area contributed by atoms with Crippen molar-refractivity contribution in [2.45, 2.75) is 38.1 Å². The van der Waals surface area contributed by atoms with Crippen molar-refractivity contribution < 1.29 is 33.4 Å². The Morgan fingerprint density at radius 2 is 1.84 bits per heavy atom. The topological polar surface area (TPSA) is 153 Å². The zero-order valence-electron chi connectivity index (χ0n) is 24.8. The normalized spacial score (nSPS) is 15.5. The van der Waals surface area contributed by atoms with Gasteiger partial charge in [0.2, 0.25) is 11.7 Å². The van der Waals surface area contributed by atoms with Gasteiger partial charge in [-0.3, -0.25) is 19.4 Å². The summed E-state index contributed by atoms with van der Waals surface area (Å²) in [6.07, 6.45) is 6.85. The summed E-state index contributed by atoms with van der Waals surface area (Å²) in [4.78, 5) is 60.8. The van der Waals surface area contributed by atoms with Crippen molar-refractivity contribution in [3.8, 4) is 11.5 Å². The molecule has 0 unspecified atom stereocenters. The molecule has 1 saturated heterocycles. The summed E-state index contributed by atoms with van der Waals surface area (Å²) in [6, 6.07) is 9.60. The Kier molecular flexibility index (Phi) is 9.22. The number of methoxy groups -OCH3 is 2. The van der Waals surface area contributed by atoms with Crippen molar-refractivity contribution in [2.24, 2.45) is 12.0 Å². The van der Waals surface area contributed by atoms with Crippen LogP contribution in [0, 0.1) is 0 Å². The van der Waals surface area contributed by atoms with E-state index in [1.807, 2.05) is 11.1 Å². The minimum Gasteiger partial charge on any atom is -0.493 e. The van der Waals surface area contributed by atoms with Gasteiger partial charge in [0.05, 0.1) is 43.7 Å². The number of nitrogens with one attached hydrogen (secondary N) is 2. The number of rotatable bonds is 10. The maximum absolute atomic E-state index is 13.2. The average molecular weight is 603 g/mol. The predicted molar refractivity (Wildman–Crippen MR) is 162 cm³/mol. The van der Waals surface area contributed by atoms with Gasteiger partial charge in [-0.25, -0.2) is 9.78 Å². The van der Waals surface area contributed by atoms with Crippen LogP contribution in [0.15, 0.2) is 47.6 Å². The Bertz CT molecular complexity index is 1600. The van der Waals surface area contributed by atoms with Crippen LogP contribution < -0.4 is 20.1 Å². The van der Waals surface area contributed by atoms with Crippen LogP contribution in [0.4, 0.5) is 17.2 Å². The molecule has 0 radical (unpaired) electrons. The molecular formula is C31H34N6O7. The number of amides is 3. The fourth-order valence-electron chi connectivity index (χ4n) is 5.14. The molecule has 3 amide bonds. The van der Waals surface area contributed by atoms with Gasteiger partial charge in [0.25, 0.3) is 11.8 Å². The van der Waals surface area contributed by atoms with E-state index in [4.69, 9.17) is 9.47 Å². The molecule has 0 spiro atoms. The van der Waals surface area contributed by atoms with Gasteiger partial charge in [0.15, 0.2) is 17.3 Å². The standard InChI is InChI=1S/C31H34N6O7/c1-36-18-26(35-28(36)29(39)33-20-11-9-19(10-12-20)31(41)43-3)34-27(38)8-6-14-44-25-16-23-22(15-24(25)42-2)30(40)37-13-5-4-7-21(37)17-32-23/h9-12,15-18,21H,4-8,13-14H2,1-3H3,(H,33,39)(H,34,38)/t21-/m0/s1. The zero-order valence-corrected chi connectivity index (χ0v) is 24.8. The minimum absolute atomic E-state index is 0.00575. The van der Waals surface area contributed by atoms with Crippen molar-refractivity contribution in [3.63, 3.8) is 0 Å².